The fraction of sp³-hybridized carbons (Fsp3) is 0.400. The van der Waals surface area contributed by atoms with Gasteiger partial charge in [-0.3, -0.25) is 0 Å². The first kappa shape index (κ1) is 15.2. The molecule has 0 amide bonds. The number of ether oxygens (including phenoxy) is 3. The Labute approximate surface area is 124 Å². The molecule has 2 rings (SSSR count). The Kier molecular flexibility index (Phi) is 4.70. The lowest BCUT2D eigenvalue weighted by Crippen LogP contribution is -2.12. The zero-order valence-electron chi connectivity index (χ0n) is 12.9. The second-order valence-electron chi connectivity index (χ2n) is 4.45. The Morgan fingerprint density at radius 3 is 2.38 bits per heavy atom. The molecular weight excluding hydrogens is 272 g/mol. The molecule has 1 unspecified atom stereocenters. The molecule has 0 saturated heterocycles. The Balaban J connectivity index is 2.51. The molecule has 6 heteroatoms. The van der Waals surface area contributed by atoms with Crippen LogP contribution in [0.4, 0.5) is 0 Å². The van der Waals surface area contributed by atoms with E-state index in [0.29, 0.717) is 28.9 Å². The van der Waals surface area contributed by atoms with E-state index in [2.05, 4.69) is 10.3 Å². The van der Waals surface area contributed by atoms with Gasteiger partial charge in [0.2, 0.25) is 11.6 Å². The van der Waals surface area contributed by atoms with Crippen LogP contribution in [0.2, 0.25) is 0 Å². The molecule has 0 aliphatic heterocycles. The van der Waals surface area contributed by atoms with E-state index in [1.54, 1.807) is 33.6 Å². The molecule has 0 aliphatic carbocycles. The van der Waals surface area contributed by atoms with Crippen molar-refractivity contribution in [3.05, 3.63) is 24.2 Å². The molecule has 1 aromatic carbocycles. The summed E-state index contributed by atoms with van der Waals surface area (Å²) in [5.74, 6) is 2.91. The van der Waals surface area contributed by atoms with Crippen LogP contribution >= 0.6 is 0 Å². The molecule has 114 valence electrons. The molecule has 1 heterocycles. The minimum absolute atomic E-state index is 0.0323. The van der Waals surface area contributed by atoms with Crippen LogP contribution < -0.4 is 19.5 Å². The Bertz CT molecular complexity index is 610. The summed E-state index contributed by atoms with van der Waals surface area (Å²) in [5.41, 5.74) is 0.761. The van der Waals surface area contributed by atoms with Crippen LogP contribution in [0.3, 0.4) is 0 Å². The van der Waals surface area contributed by atoms with Gasteiger partial charge in [-0.25, -0.2) is 4.98 Å². The smallest absolute Gasteiger partial charge is 0.211 e. The Morgan fingerprint density at radius 2 is 1.81 bits per heavy atom. The summed E-state index contributed by atoms with van der Waals surface area (Å²) < 4.78 is 21.9. The Hall–Kier alpha value is -2.21. The first-order valence-corrected chi connectivity index (χ1v) is 6.58. The third-order valence-electron chi connectivity index (χ3n) is 3.30. The van der Waals surface area contributed by atoms with Crippen LogP contribution in [-0.2, 0) is 0 Å². The quantitative estimate of drug-likeness (QED) is 0.883. The lowest BCUT2D eigenvalue weighted by Gasteiger charge is -2.14. The number of aromatic nitrogens is 1. The van der Waals surface area contributed by atoms with Crippen molar-refractivity contribution in [2.45, 2.75) is 13.0 Å². The van der Waals surface area contributed by atoms with Crippen molar-refractivity contribution in [2.75, 3.05) is 28.4 Å². The molecular formula is C15H20N2O4. The van der Waals surface area contributed by atoms with Gasteiger partial charge in [-0.2, -0.15) is 0 Å². The standard InChI is InChI=1S/C15H20N2O4/c1-9(16-2)15-17-8-12(21-15)10-6-7-11(18-3)14(20-5)13(10)19-4/h6-9,16H,1-5H3. The molecule has 0 fully saturated rings. The van der Waals surface area contributed by atoms with Gasteiger partial charge in [0, 0.05) is 0 Å². The van der Waals surface area contributed by atoms with E-state index in [0.717, 1.165) is 5.56 Å². The van der Waals surface area contributed by atoms with E-state index in [1.165, 1.54) is 0 Å². The van der Waals surface area contributed by atoms with Gasteiger partial charge in [-0.15, -0.1) is 0 Å². The molecule has 2 aromatic rings. The molecule has 21 heavy (non-hydrogen) atoms. The molecule has 1 atom stereocenters. The van der Waals surface area contributed by atoms with Gasteiger partial charge in [-0.1, -0.05) is 0 Å². The van der Waals surface area contributed by atoms with Crippen molar-refractivity contribution in [3.63, 3.8) is 0 Å². The molecule has 0 bridgehead atoms. The lowest BCUT2D eigenvalue weighted by molar-refractivity contribution is 0.324. The highest BCUT2D eigenvalue weighted by Crippen LogP contribution is 2.44. The van der Waals surface area contributed by atoms with E-state index in [9.17, 15) is 0 Å². The SMILES string of the molecule is CNC(C)c1ncc(-c2ccc(OC)c(OC)c2OC)o1. The summed E-state index contributed by atoms with van der Waals surface area (Å²) >= 11 is 0. The van der Waals surface area contributed by atoms with Crippen LogP contribution in [-0.4, -0.2) is 33.4 Å². The van der Waals surface area contributed by atoms with E-state index >= 15 is 0 Å². The van der Waals surface area contributed by atoms with Gasteiger partial charge >= 0.3 is 0 Å². The van der Waals surface area contributed by atoms with Crippen LogP contribution in [0.25, 0.3) is 11.3 Å². The lowest BCUT2D eigenvalue weighted by atomic mass is 10.1. The summed E-state index contributed by atoms with van der Waals surface area (Å²) in [5, 5.41) is 3.08. The number of oxazole rings is 1. The van der Waals surface area contributed by atoms with E-state index in [4.69, 9.17) is 18.6 Å². The first-order valence-electron chi connectivity index (χ1n) is 6.58. The van der Waals surface area contributed by atoms with Crippen LogP contribution in [0.1, 0.15) is 18.9 Å². The maximum atomic E-state index is 5.79. The monoisotopic (exact) mass is 292 g/mol. The molecule has 1 N–H and O–H groups in total. The summed E-state index contributed by atoms with van der Waals surface area (Å²) in [6, 6.07) is 3.69. The number of hydrogen-bond donors (Lipinski definition) is 1. The van der Waals surface area contributed by atoms with Gasteiger partial charge in [-0.05, 0) is 26.1 Å². The van der Waals surface area contributed by atoms with Crippen molar-refractivity contribution in [3.8, 4) is 28.6 Å². The second-order valence-corrected chi connectivity index (χ2v) is 4.45. The minimum atomic E-state index is 0.0323. The largest absolute Gasteiger partial charge is 0.493 e. The maximum absolute atomic E-state index is 5.79. The predicted molar refractivity (Wildman–Crippen MR) is 79.1 cm³/mol. The summed E-state index contributed by atoms with van der Waals surface area (Å²) in [4.78, 5) is 4.28. The zero-order chi connectivity index (χ0) is 15.4. The Morgan fingerprint density at radius 1 is 1.10 bits per heavy atom. The number of nitrogens with zero attached hydrogens (tertiary/aromatic N) is 1. The average molecular weight is 292 g/mol. The van der Waals surface area contributed by atoms with Crippen molar-refractivity contribution in [1.82, 2.24) is 10.3 Å². The third kappa shape index (κ3) is 2.80. The molecule has 1 aromatic heterocycles. The van der Waals surface area contributed by atoms with Crippen molar-refractivity contribution < 1.29 is 18.6 Å². The van der Waals surface area contributed by atoms with Crippen molar-refractivity contribution in [2.24, 2.45) is 0 Å². The van der Waals surface area contributed by atoms with Gasteiger partial charge in [0.15, 0.2) is 17.3 Å². The number of methoxy groups -OCH3 is 3. The minimum Gasteiger partial charge on any atom is -0.493 e. The summed E-state index contributed by atoms with van der Waals surface area (Å²) in [6.45, 7) is 1.97. The molecule has 0 saturated carbocycles. The summed E-state index contributed by atoms with van der Waals surface area (Å²) in [6.07, 6.45) is 1.67. The number of hydrogen-bond acceptors (Lipinski definition) is 6. The van der Waals surface area contributed by atoms with E-state index in [1.807, 2.05) is 20.0 Å². The first-order chi connectivity index (χ1) is 10.2. The maximum Gasteiger partial charge on any atom is 0.211 e. The molecule has 0 spiro atoms. The van der Waals surface area contributed by atoms with Crippen LogP contribution in [0, 0.1) is 0 Å². The van der Waals surface area contributed by atoms with E-state index in [-0.39, 0.29) is 6.04 Å². The normalized spacial score (nSPS) is 12.0. The van der Waals surface area contributed by atoms with Gasteiger partial charge in [0.1, 0.15) is 0 Å². The topological polar surface area (TPSA) is 65.8 Å². The second kappa shape index (κ2) is 6.49. The number of rotatable bonds is 6. The van der Waals surface area contributed by atoms with Crippen LogP contribution in [0.5, 0.6) is 17.2 Å². The molecule has 0 radical (unpaired) electrons. The van der Waals surface area contributed by atoms with Gasteiger partial charge in [0.25, 0.3) is 0 Å². The predicted octanol–water partition coefficient (Wildman–Crippen LogP) is 2.65. The number of benzene rings is 1. The molecule has 0 aliphatic rings. The van der Waals surface area contributed by atoms with Crippen molar-refractivity contribution >= 4 is 0 Å². The zero-order valence-corrected chi connectivity index (χ0v) is 12.9. The molecule has 6 nitrogen and oxygen atoms in total. The van der Waals surface area contributed by atoms with Crippen LogP contribution in [0.15, 0.2) is 22.7 Å². The highest BCUT2D eigenvalue weighted by atomic mass is 16.5. The summed E-state index contributed by atoms with van der Waals surface area (Å²) in [7, 11) is 6.58. The number of nitrogens with one attached hydrogen (secondary N) is 1. The fourth-order valence-corrected chi connectivity index (χ4v) is 2.03. The third-order valence-corrected chi connectivity index (χ3v) is 3.30. The average Bonchev–Trinajstić information content (AvgIpc) is 3.02. The highest BCUT2D eigenvalue weighted by molar-refractivity contribution is 5.72. The highest BCUT2D eigenvalue weighted by Gasteiger charge is 2.20. The van der Waals surface area contributed by atoms with Gasteiger partial charge in [0.05, 0.1) is 39.1 Å². The van der Waals surface area contributed by atoms with Gasteiger partial charge < -0.3 is 23.9 Å². The van der Waals surface area contributed by atoms with Crippen molar-refractivity contribution in [1.29, 1.82) is 0 Å². The van der Waals surface area contributed by atoms with E-state index < -0.39 is 0 Å². The fourth-order valence-electron chi connectivity index (χ4n) is 2.03.